The minimum absolute atomic E-state index is 0.0407. The summed E-state index contributed by atoms with van der Waals surface area (Å²) in [6, 6.07) is 0. The van der Waals surface area contributed by atoms with Crippen molar-refractivity contribution < 1.29 is 23.5 Å². The summed E-state index contributed by atoms with van der Waals surface area (Å²) in [6.45, 7) is 10.5. The Hall–Kier alpha value is -0.793. The molecule has 5 nitrogen and oxygen atoms in total. The molecule has 0 radical (unpaired) electrons. The van der Waals surface area contributed by atoms with E-state index in [1.807, 2.05) is 6.08 Å². The van der Waals surface area contributed by atoms with Crippen LogP contribution in [0.4, 0.5) is 0 Å². The van der Waals surface area contributed by atoms with Crippen molar-refractivity contribution in [2.45, 2.75) is 49.8 Å². The first-order valence-corrected chi connectivity index (χ1v) is 11.1. The van der Waals surface area contributed by atoms with Crippen LogP contribution in [0.5, 0.6) is 0 Å². The van der Waals surface area contributed by atoms with Crippen molar-refractivity contribution >= 4 is 32.0 Å². The van der Waals surface area contributed by atoms with Gasteiger partial charge in [0.2, 0.25) is 4.75 Å². The van der Waals surface area contributed by atoms with Crippen LogP contribution in [0, 0.1) is 0 Å². The topological polar surface area (TPSA) is 61.8 Å². The van der Waals surface area contributed by atoms with Gasteiger partial charge in [-0.1, -0.05) is 32.9 Å². The first-order chi connectivity index (χ1) is 10.0. The van der Waals surface area contributed by atoms with E-state index in [1.165, 1.54) is 26.0 Å². The van der Waals surface area contributed by atoms with Gasteiger partial charge in [0.25, 0.3) is 0 Å². The Bertz CT molecular complexity index is 451. The second-order valence-corrected chi connectivity index (χ2v) is 12.8. The third-order valence-electron chi connectivity index (χ3n) is 4.32. The van der Waals surface area contributed by atoms with Crippen LogP contribution in [0.2, 0.25) is 18.1 Å². The molecule has 1 rings (SSSR count). The van der Waals surface area contributed by atoms with Crippen LogP contribution in [-0.4, -0.2) is 51.1 Å². The molecule has 0 aromatic carbocycles. The fraction of sp³-hybridized carbons (Fsp3) is 0.733. The van der Waals surface area contributed by atoms with E-state index in [2.05, 4.69) is 33.9 Å². The molecule has 126 valence electrons. The smallest absolute Gasteiger partial charge is 0.336 e. The van der Waals surface area contributed by atoms with Gasteiger partial charge in [-0.2, -0.15) is 0 Å². The summed E-state index contributed by atoms with van der Waals surface area (Å²) >= 11 is 1.20. The van der Waals surface area contributed by atoms with Crippen molar-refractivity contribution in [3.63, 3.8) is 0 Å². The summed E-state index contributed by atoms with van der Waals surface area (Å²) in [6.07, 6.45) is 3.00. The molecule has 0 fully saturated rings. The highest BCUT2D eigenvalue weighted by molar-refractivity contribution is 8.02. The fourth-order valence-corrected chi connectivity index (χ4v) is 4.42. The maximum Gasteiger partial charge on any atom is 0.336 e. The second kappa shape index (κ2) is 6.76. The summed E-state index contributed by atoms with van der Waals surface area (Å²) in [5.41, 5.74) is 0. The van der Waals surface area contributed by atoms with Gasteiger partial charge in [0, 0.05) is 5.75 Å². The maximum atomic E-state index is 12.4. The first kappa shape index (κ1) is 19.3. The van der Waals surface area contributed by atoms with Gasteiger partial charge in [0.15, 0.2) is 8.32 Å². The Balaban J connectivity index is 3.28. The lowest BCUT2D eigenvalue weighted by Gasteiger charge is -2.43. The third-order valence-corrected chi connectivity index (χ3v) is 10.2. The van der Waals surface area contributed by atoms with Crippen LogP contribution in [0.15, 0.2) is 12.2 Å². The summed E-state index contributed by atoms with van der Waals surface area (Å²) in [5, 5.41) is -0.0407. The molecule has 0 aromatic heterocycles. The van der Waals surface area contributed by atoms with Crippen molar-refractivity contribution in [3.8, 4) is 0 Å². The molecule has 0 N–H and O–H groups in total. The second-order valence-electron chi connectivity index (χ2n) is 6.76. The van der Waals surface area contributed by atoms with E-state index in [0.29, 0.717) is 5.75 Å². The molecule has 0 saturated heterocycles. The van der Waals surface area contributed by atoms with Crippen LogP contribution >= 0.6 is 11.8 Å². The Morgan fingerprint density at radius 2 is 1.68 bits per heavy atom. The Labute approximate surface area is 137 Å². The number of hydrogen-bond donors (Lipinski definition) is 0. The molecule has 1 heterocycles. The van der Waals surface area contributed by atoms with Crippen molar-refractivity contribution in [3.05, 3.63) is 12.2 Å². The van der Waals surface area contributed by atoms with E-state index >= 15 is 0 Å². The lowest BCUT2D eigenvalue weighted by Crippen LogP contribution is -2.59. The quantitative estimate of drug-likeness (QED) is 0.338. The normalized spacial score (nSPS) is 21.3. The number of carbonyl (C=O) groups excluding carboxylic acids is 2. The number of methoxy groups -OCH3 is 2. The van der Waals surface area contributed by atoms with E-state index in [0.717, 1.165) is 0 Å². The Kier molecular flexibility index (Phi) is 5.92. The zero-order valence-corrected chi connectivity index (χ0v) is 16.2. The van der Waals surface area contributed by atoms with E-state index in [1.54, 1.807) is 6.08 Å². The Morgan fingerprint density at radius 1 is 1.18 bits per heavy atom. The predicted molar refractivity (Wildman–Crippen MR) is 90.4 cm³/mol. The van der Waals surface area contributed by atoms with E-state index in [9.17, 15) is 9.59 Å². The molecular formula is C15H26O5SSi. The minimum Gasteiger partial charge on any atom is -0.467 e. The highest BCUT2D eigenvalue weighted by Crippen LogP contribution is 2.43. The highest BCUT2D eigenvalue weighted by Gasteiger charge is 2.58. The SMILES string of the molecule is COC(=O)C1(C(=O)OC)SCC=CC1O[Si](C)(C)C(C)(C)C. The van der Waals surface area contributed by atoms with Gasteiger partial charge in [-0.05, 0) is 18.1 Å². The largest absolute Gasteiger partial charge is 0.467 e. The molecular weight excluding hydrogens is 320 g/mol. The lowest BCUT2D eigenvalue weighted by atomic mass is 10.0. The number of hydrogen-bond acceptors (Lipinski definition) is 6. The average Bonchev–Trinajstić information content (AvgIpc) is 2.44. The third kappa shape index (κ3) is 3.41. The predicted octanol–water partition coefficient (Wildman–Crippen LogP) is 2.76. The minimum atomic E-state index is -2.18. The number of esters is 2. The maximum absolute atomic E-state index is 12.4. The molecule has 22 heavy (non-hydrogen) atoms. The van der Waals surface area contributed by atoms with E-state index < -0.39 is 31.1 Å². The molecule has 1 aliphatic heterocycles. The molecule has 0 aliphatic carbocycles. The van der Waals surface area contributed by atoms with Gasteiger partial charge in [0.1, 0.15) is 0 Å². The molecule has 0 amide bonds. The van der Waals surface area contributed by atoms with Gasteiger partial charge in [-0.3, -0.25) is 0 Å². The monoisotopic (exact) mass is 346 g/mol. The van der Waals surface area contributed by atoms with Crippen molar-refractivity contribution in [1.82, 2.24) is 0 Å². The Morgan fingerprint density at radius 3 is 2.09 bits per heavy atom. The molecule has 0 saturated carbocycles. The molecule has 7 heteroatoms. The van der Waals surface area contributed by atoms with Gasteiger partial charge in [-0.15, -0.1) is 11.8 Å². The first-order valence-electron chi connectivity index (χ1n) is 7.18. The zero-order valence-electron chi connectivity index (χ0n) is 14.4. The van der Waals surface area contributed by atoms with Crippen LogP contribution in [0.25, 0.3) is 0 Å². The lowest BCUT2D eigenvalue weighted by molar-refractivity contribution is -0.159. The fourth-order valence-electron chi connectivity index (χ4n) is 1.93. The van der Waals surface area contributed by atoms with Crippen molar-refractivity contribution in [2.75, 3.05) is 20.0 Å². The van der Waals surface area contributed by atoms with Gasteiger partial charge >= 0.3 is 11.9 Å². The van der Waals surface area contributed by atoms with Gasteiger partial charge < -0.3 is 13.9 Å². The number of ether oxygens (including phenoxy) is 2. The van der Waals surface area contributed by atoms with Gasteiger partial charge in [0.05, 0.1) is 20.3 Å². The molecule has 0 aromatic rings. The molecule has 0 spiro atoms. The molecule has 1 atom stereocenters. The van der Waals surface area contributed by atoms with E-state index in [4.69, 9.17) is 13.9 Å². The standard InChI is InChI=1S/C15H26O5SSi/c1-14(2,3)22(6,7)20-11-9-8-10-21-15(11,12(16)18-4)13(17)19-5/h8-9,11H,10H2,1-7H3. The van der Waals surface area contributed by atoms with Crippen LogP contribution in [0.3, 0.4) is 0 Å². The average molecular weight is 347 g/mol. The van der Waals surface area contributed by atoms with Crippen molar-refractivity contribution in [1.29, 1.82) is 0 Å². The van der Waals surface area contributed by atoms with E-state index in [-0.39, 0.29) is 5.04 Å². The summed E-state index contributed by atoms with van der Waals surface area (Å²) in [5.74, 6) is -0.725. The van der Waals surface area contributed by atoms with Crippen molar-refractivity contribution in [2.24, 2.45) is 0 Å². The highest BCUT2D eigenvalue weighted by atomic mass is 32.2. The summed E-state index contributed by atoms with van der Waals surface area (Å²) in [4.78, 5) is 24.8. The van der Waals surface area contributed by atoms with Crippen LogP contribution in [0.1, 0.15) is 20.8 Å². The van der Waals surface area contributed by atoms with Gasteiger partial charge in [-0.25, -0.2) is 9.59 Å². The number of rotatable bonds is 4. The number of carbonyl (C=O) groups is 2. The summed E-state index contributed by atoms with van der Waals surface area (Å²) in [7, 11) is 0.368. The molecule has 1 aliphatic rings. The zero-order chi connectivity index (χ0) is 17.2. The molecule has 1 unspecified atom stereocenters. The molecule has 0 bridgehead atoms. The number of thioether (sulfide) groups is 1. The van der Waals surface area contributed by atoms with Crippen LogP contribution in [-0.2, 0) is 23.5 Å². The summed E-state index contributed by atoms with van der Waals surface area (Å²) < 4.78 is 14.6. The van der Waals surface area contributed by atoms with Crippen LogP contribution < -0.4 is 0 Å².